The average Bonchev–Trinajstić information content (AvgIpc) is 2.55. The van der Waals surface area contributed by atoms with Crippen LogP contribution in [0.5, 0.6) is 11.5 Å². The molecule has 0 saturated carbocycles. The summed E-state index contributed by atoms with van der Waals surface area (Å²) in [5.74, 6) is 1.54. The summed E-state index contributed by atoms with van der Waals surface area (Å²) in [6, 6.07) is 17.1. The van der Waals surface area contributed by atoms with E-state index in [0.717, 1.165) is 17.1 Å². The molecule has 2 atom stereocenters. The van der Waals surface area contributed by atoms with Crippen molar-refractivity contribution in [2.45, 2.75) is 12.2 Å². The van der Waals surface area contributed by atoms with Crippen LogP contribution in [0.4, 0.5) is 0 Å². The number of benzene rings is 2. The molecule has 0 spiro atoms. The van der Waals surface area contributed by atoms with Crippen LogP contribution >= 0.6 is 0 Å². The first kappa shape index (κ1) is 13.9. The summed E-state index contributed by atoms with van der Waals surface area (Å²) in [6.45, 7) is 1.19. The molecule has 2 unspecified atom stereocenters. The van der Waals surface area contributed by atoms with E-state index in [1.54, 1.807) is 0 Å². The number of aliphatic hydroxyl groups is 1. The van der Waals surface area contributed by atoms with Gasteiger partial charge in [0.2, 0.25) is 0 Å². The van der Waals surface area contributed by atoms with Crippen molar-refractivity contribution in [2.75, 3.05) is 19.8 Å². The van der Waals surface area contributed by atoms with Crippen LogP contribution in [0, 0.1) is 0 Å². The van der Waals surface area contributed by atoms with Gasteiger partial charge in [0, 0.05) is 5.56 Å². The molecular formula is C17H18O4. The lowest BCUT2D eigenvalue weighted by Gasteiger charge is -2.30. The van der Waals surface area contributed by atoms with E-state index in [2.05, 4.69) is 0 Å². The van der Waals surface area contributed by atoms with Gasteiger partial charge in [-0.05, 0) is 18.2 Å². The van der Waals surface area contributed by atoms with Crippen LogP contribution < -0.4 is 9.47 Å². The molecule has 4 heteroatoms. The van der Waals surface area contributed by atoms with E-state index in [-0.39, 0.29) is 6.10 Å². The Balaban J connectivity index is 1.48. The summed E-state index contributed by atoms with van der Waals surface area (Å²) < 4.78 is 16.8. The standard InChI is InChI=1S/C17H18O4/c18-17-14-8-4-5-9-15(14)21-12-16(17)20-11-10-19-13-6-2-1-3-7-13/h1-9,16-18H,10-12H2. The number of rotatable bonds is 5. The lowest BCUT2D eigenvalue weighted by molar-refractivity contribution is -0.0776. The molecule has 1 N–H and O–H groups in total. The summed E-state index contributed by atoms with van der Waals surface area (Å²) in [5.41, 5.74) is 0.776. The molecule has 110 valence electrons. The highest BCUT2D eigenvalue weighted by Gasteiger charge is 2.29. The molecular weight excluding hydrogens is 268 g/mol. The van der Waals surface area contributed by atoms with Crippen molar-refractivity contribution in [1.82, 2.24) is 0 Å². The van der Waals surface area contributed by atoms with Crippen molar-refractivity contribution in [3.05, 3.63) is 60.2 Å². The van der Waals surface area contributed by atoms with Crippen molar-refractivity contribution >= 4 is 0 Å². The van der Waals surface area contributed by atoms with Crippen LogP contribution in [-0.2, 0) is 4.74 Å². The molecule has 0 fully saturated rings. The molecule has 3 rings (SSSR count). The topological polar surface area (TPSA) is 47.9 Å². The van der Waals surface area contributed by atoms with Gasteiger partial charge in [-0.3, -0.25) is 0 Å². The second-order valence-corrected chi connectivity index (χ2v) is 4.86. The Morgan fingerprint density at radius 1 is 1.00 bits per heavy atom. The zero-order valence-electron chi connectivity index (χ0n) is 11.6. The molecule has 2 aromatic rings. The fourth-order valence-corrected chi connectivity index (χ4v) is 2.33. The molecule has 0 bridgehead atoms. The van der Waals surface area contributed by atoms with Crippen molar-refractivity contribution < 1.29 is 19.3 Å². The normalized spacial score (nSPS) is 20.4. The number of aliphatic hydroxyl groups excluding tert-OH is 1. The van der Waals surface area contributed by atoms with E-state index in [1.165, 1.54) is 0 Å². The van der Waals surface area contributed by atoms with Gasteiger partial charge >= 0.3 is 0 Å². The smallest absolute Gasteiger partial charge is 0.125 e. The van der Waals surface area contributed by atoms with Crippen molar-refractivity contribution in [3.63, 3.8) is 0 Å². The molecule has 0 amide bonds. The van der Waals surface area contributed by atoms with E-state index < -0.39 is 6.10 Å². The maximum absolute atomic E-state index is 10.3. The molecule has 1 aliphatic rings. The minimum Gasteiger partial charge on any atom is -0.491 e. The summed E-state index contributed by atoms with van der Waals surface area (Å²) in [6.07, 6.45) is -1.02. The SMILES string of the molecule is OC1c2ccccc2OCC1OCCOc1ccccc1. The zero-order valence-corrected chi connectivity index (χ0v) is 11.6. The van der Waals surface area contributed by atoms with Gasteiger partial charge in [-0.15, -0.1) is 0 Å². The fourth-order valence-electron chi connectivity index (χ4n) is 2.33. The monoisotopic (exact) mass is 286 g/mol. The molecule has 0 saturated heterocycles. The van der Waals surface area contributed by atoms with Crippen molar-refractivity contribution in [1.29, 1.82) is 0 Å². The van der Waals surface area contributed by atoms with Gasteiger partial charge in [-0.25, -0.2) is 0 Å². The van der Waals surface area contributed by atoms with Crippen molar-refractivity contribution in [3.8, 4) is 11.5 Å². The molecule has 0 aliphatic carbocycles. The third-order valence-corrected chi connectivity index (χ3v) is 3.42. The Morgan fingerprint density at radius 3 is 2.62 bits per heavy atom. The van der Waals surface area contributed by atoms with Crippen molar-refractivity contribution in [2.24, 2.45) is 0 Å². The highest BCUT2D eigenvalue weighted by atomic mass is 16.6. The van der Waals surface area contributed by atoms with E-state index in [0.29, 0.717) is 19.8 Å². The van der Waals surface area contributed by atoms with Gasteiger partial charge in [-0.2, -0.15) is 0 Å². The number of ether oxygens (including phenoxy) is 3. The number of para-hydroxylation sites is 2. The second kappa shape index (κ2) is 6.61. The Bertz CT molecular complexity index is 570. The summed E-state index contributed by atoms with van der Waals surface area (Å²) in [7, 11) is 0. The fraction of sp³-hybridized carbons (Fsp3) is 0.294. The molecule has 4 nitrogen and oxygen atoms in total. The second-order valence-electron chi connectivity index (χ2n) is 4.86. The largest absolute Gasteiger partial charge is 0.491 e. The minimum atomic E-state index is -0.660. The molecule has 2 aromatic carbocycles. The minimum absolute atomic E-state index is 0.351. The lowest BCUT2D eigenvalue weighted by Crippen LogP contribution is -2.34. The number of fused-ring (bicyclic) bond motifs is 1. The maximum Gasteiger partial charge on any atom is 0.125 e. The highest BCUT2D eigenvalue weighted by molar-refractivity contribution is 5.37. The number of hydrogen-bond acceptors (Lipinski definition) is 4. The predicted octanol–water partition coefficient (Wildman–Crippen LogP) is 2.58. The molecule has 1 heterocycles. The summed E-state index contributed by atoms with van der Waals surface area (Å²) in [4.78, 5) is 0. The lowest BCUT2D eigenvalue weighted by atomic mass is 10.0. The average molecular weight is 286 g/mol. The van der Waals surface area contributed by atoms with Crippen LogP contribution in [0.25, 0.3) is 0 Å². The highest BCUT2D eigenvalue weighted by Crippen LogP contribution is 2.32. The van der Waals surface area contributed by atoms with E-state index in [4.69, 9.17) is 14.2 Å². The molecule has 1 aliphatic heterocycles. The quantitative estimate of drug-likeness (QED) is 0.858. The zero-order chi connectivity index (χ0) is 14.5. The Kier molecular flexibility index (Phi) is 4.38. The van der Waals surface area contributed by atoms with Crippen LogP contribution in [0.2, 0.25) is 0 Å². The van der Waals surface area contributed by atoms with Gasteiger partial charge in [0.1, 0.15) is 36.9 Å². The first-order valence-electron chi connectivity index (χ1n) is 7.04. The van der Waals surface area contributed by atoms with Gasteiger partial charge in [0.15, 0.2) is 0 Å². The predicted molar refractivity (Wildman–Crippen MR) is 78.6 cm³/mol. The molecule has 0 aromatic heterocycles. The maximum atomic E-state index is 10.3. The third kappa shape index (κ3) is 3.35. The Labute approximate surface area is 123 Å². The Hall–Kier alpha value is -2.04. The van der Waals surface area contributed by atoms with Gasteiger partial charge in [0.05, 0.1) is 6.61 Å². The van der Waals surface area contributed by atoms with Gasteiger partial charge in [0.25, 0.3) is 0 Å². The van der Waals surface area contributed by atoms with Crippen LogP contribution in [0.15, 0.2) is 54.6 Å². The van der Waals surface area contributed by atoms with Crippen LogP contribution in [0.3, 0.4) is 0 Å². The van der Waals surface area contributed by atoms with Crippen LogP contribution in [0.1, 0.15) is 11.7 Å². The first-order valence-corrected chi connectivity index (χ1v) is 7.04. The summed E-state index contributed by atoms with van der Waals surface area (Å²) in [5, 5.41) is 10.3. The molecule has 21 heavy (non-hydrogen) atoms. The third-order valence-electron chi connectivity index (χ3n) is 3.42. The van der Waals surface area contributed by atoms with E-state index in [1.807, 2.05) is 54.6 Å². The first-order chi connectivity index (χ1) is 10.3. The van der Waals surface area contributed by atoms with Gasteiger partial charge in [-0.1, -0.05) is 36.4 Å². The van der Waals surface area contributed by atoms with Gasteiger partial charge < -0.3 is 19.3 Å². The summed E-state index contributed by atoms with van der Waals surface area (Å²) >= 11 is 0. The Morgan fingerprint density at radius 2 is 1.76 bits per heavy atom. The van der Waals surface area contributed by atoms with E-state index >= 15 is 0 Å². The van der Waals surface area contributed by atoms with Crippen LogP contribution in [-0.4, -0.2) is 31.0 Å². The van der Waals surface area contributed by atoms with E-state index in [9.17, 15) is 5.11 Å². The number of hydrogen-bond donors (Lipinski definition) is 1. The molecule has 0 radical (unpaired) electrons.